The van der Waals surface area contributed by atoms with Crippen LogP contribution in [-0.2, 0) is 14.8 Å². The van der Waals surface area contributed by atoms with E-state index in [0.717, 1.165) is 6.42 Å². The smallest absolute Gasteiger partial charge is 0.337 e. The summed E-state index contributed by atoms with van der Waals surface area (Å²) in [6, 6.07) is 4.03. The van der Waals surface area contributed by atoms with E-state index in [-0.39, 0.29) is 33.8 Å². The minimum Gasteiger partial charge on any atom is -0.465 e. The molecule has 124 valence electrons. The van der Waals surface area contributed by atoms with Crippen molar-refractivity contribution in [3.8, 4) is 0 Å². The van der Waals surface area contributed by atoms with Gasteiger partial charge in [-0.2, -0.15) is 4.31 Å². The van der Waals surface area contributed by atoms with Crippen LogP contribution in [0.15, 0.2) is 23.1 Å². The van der Waals surface area contributed by atoms with E-state index in [1.165, 1.54) is 29.6 Å². The van der Waals surface area contributed by atoms with Gasteiger partial charge in [-0.3, -0.25) is 0 Å². The molecule has 0 aromatic heterocycles. The van der Waals surface area contributed by atoms with Crippen molar-refractivity contribution in [2.75, 3.05) is 26.7 Å². The second-order valence-corrected chi connectivity index (χ2v) is 7.20. The summed E-state index contributed by atoms with van der Waals surface area (Å²) in [6.07, 6.45) is 0.744. The molecule has 1 aliphatic heterocycles. The largest absolute Gasteiger partial charge is 0.465 e. The molecule has 1 unspecified atom stereocenters. The first-order valence-corrected chi connectivity index (χ1v) is 8.30. The number of sulfonamides is 1. The first kappa shape index (κ1) is 19.2. The quantitative estimate of drug-likeness (QED) is 0.813. The van der Waals surface area contributed by atoms with Gasteiger partial charge >= 0.3 is 5.97 Å². The van der Waals surface area contributed by atoms with E-state index in [2.05, 4.69) is 4.74 Å². The highest BCUT2D eigenvalue weighted by Crippen LogP contribution is 2.29. The minimum absolute atomic E-state index is 0. The van der Waals surface area contributed by atoms with E-state index in [0.29, 0.717) is 19.6 Å². The second-order valence-electron chi connectivity index (χ2n) is 4.89. The second kappa shape index (κ2) is 7.61. The molecule has 1 aliphatic rings. The van der Waals surface area contributed by atoms with Crippen LogP contribution < -0.4 is 5.73 Å². The number of esters is 1. The molecule has 2 N–H and O–H groups in total. The highest BCUT2D eigenvalue weighted by atomic mass is 35.5. The zero-order valence-corrected chi connectivity index (χ0v) is 14.4. The van der Waals surface area contributed by atoms with Gasteiger partial charge in [0.05, 0.1) is 17.7 Å². The number of ether oxygens (including phenoxy) is 1. The van der Waals surface area contributed by atoms with Crippen LogP contribution >= 0.6 is 24.0 Å². The van der Waals surface area contributed by atoms with Crippen LogP contribution in [0.25, 0.3) is 0 Å². The fourth-order valence-corrected chi connectivity index (χ4v) is 4.35. The van der Waals surface area contributed by atoms with Crippen LogP contribution in [0.5, 0.6) is 0 Å². The summed E-state index contributed by atoms with van der Waals surface area (Å²) < 4.78 is 31.1. The molecule has 1 atom stereocenters. The zero-order valence-electron chi connectivity index (χ0n) is 12.0. The summed E-state index contributed by atoms with van der Waals surface area (Å²) in [5.41, 5.74) is 5.79. The van der Waals surface area contributed by atoms with Crippen molar-refractivity contribution in [3.63, 3.8) is 0 Å². The maximum atomic E-state index is 12.6. The summed E-state index contributed by atoms with van der Waals surface area (Å²) >= 11 is 6.03. The van der Waals surface area contributed by atoms with Crippen molar-refractivity contribution in [2.24, 2.45) is 11.7 Å². The number of benzene rings is 1. The van der Waals surface area contributed by atoms with Gasteiger partial charge in [0, 0.05) is 13.1 Å². The Morgan fingerprint density at radius 2 is 2.18 bits per heavy atom. The number of hydrogen-bond acceptors (Lipinski definition) is 5. The maximum Gasteiger partial charge on any atom is 0.337 e. The normalized spacial score (nSPS) is 18.8. The molecule has 1 fully saturated rings. The van der Waals surface area contributed by atoms with Gasteiger partial charge < -0.3 is 10.5 Å². The monoisotopic (exact) mass is 368 g/mol. The fourth-order valence-electron chi connectivity index (χ4n) is 2.30. The molecular formula is C13H18Cl2N2O4S. The van der Waals surface area contributed by atoms with E-state index < -0.39 is 16.0 Å². The number of hydrogen-bond donors (Lipinski definition) is 1. The van der Waals surface area contributed by atoms with Crippen LogP contribution in [0.3, 0.4) is 0 Å². The molecule has 1 aromatic rings. The van der Waals surface area contributed by atoms with E-state index in [1.807, 2.05) is 0 Å². The molecule has 1 aromatic carbocycles. The lowest BCUT2D eigenvalue weighted by Gasteiger charge is -2.17. The fraction of sp³-hybridized carbons (Fsp3) is 0.462. The van der Waals surface area contributed by atoms with E-state index >= 15 is 0 Å². The molecule has 6 nitrogen and oxygen atoms in total. The first-order valence-electron chi connectivity index (χ1n) is 6.48. The Hall–Kier alpha value is -0.860. The molecule has 0 spiro atoms. The van der Waals surface area contributed by atoms with Gasteiger partial charge in [0.25, 0.3) is 0 Å². The van der Waals surface area contributed by atoms with Crippen LogP contribution in [0.1, 0.15) is 16.8 Å². The van der Waals surface area contributed by atoms with Crippen molar-refractivity contribution < 1.29 is 17.9 Å². The summed E-state index contributed by atoms with van der Waals surface area (Å²) in [6.45, 7) is 1.29. The third-order valence-corrected chi connectivity index (χ3v) is 5.90. The van der Waals surface area contributed by atoms with Crippen molar-refractivity contribution in [1.29, 1.82) is 0 Å². The molecular weight excluding hydrogens is 351 g/mol. The lowest BCUT2D eigenvalue weighted by Crippen LogP contribution is -2.30. The molecule has 0 radical (unpaired) electrons. The van der Waals surface area contributed by atoms with Gasteiger partial charge in [0.15, 0.2) is 0 Å². The average Bonchev–Trinajstić information content (AvgIpc) is 2.95. The van der Waals surface area contributed by atoms with E-state index in [1.54, 1.807) is 0 Å². The van der Waals surface area contributed by atoms with E-state index in [9.17, 15) is 13.2 Å². The molecule has 0 amide bonds. The van der Waals surface area contributed by atoms with Gasteiger partial charge in [-0.05, 0) is 37.1 Å². The molecule has 0 aliphatic carbocycles. The number of nitrogens with zero attached hydrogens (tertiary/aromatic N) is 1. The molecule has 1 saturated heterocycles. The first-order chi connectivity index (χ1) is 9.90. The number of halogens is 2. The van der Waals surface area contributed by atoms with Crippen molar-refractivity contribution in [1.82, 2.24) is 4.31 Å². The Morgan fingerprint density at radius 3 is 2.68 bits per heavy atom. The van der Waals surface area contributed by atoms with Gasteiger partial charge in [-0.25, -0.2) is 13.2 Å². The van der Waals surface area contributed by atoms with Crippen LogP contribution in [0.2, 0.25) is 5.02 Å². The number of carbonyl (C=O) groups is 1. The Labute approximate surface area is 141 Å². The predicted octanol–water partition coefficient (Wildman–Crippen LogP) is 1.52. The lowest BCUT2D eigenvalue weighted by molar-refractivity contribution is 0.0600. The molecule has 1 heterocycles. The van der Waals surface area contributed by atoms with E-state index in [4.69, 9.17) is 17.3 Å². The standard InChI is InChI=1S/C13H17ClN2O4S.ClH/c1-20-13(17)10-2-3-12(11(14)6-10)21(18,19)16-5-4-9(7-15)8-16;/h2-3,6,9H,4-5,7-8,15H2,1H3;1H. The Morgan fingerprint density at radius 1 is 1.50 bits per heavy atom. The van der Waals surface area contributed by atoms with Gasteiger partial charge in [0.1, 0.15) is 4.90 Å². The molecule has 22 heavy (non-hydrogen) atoms. The third kappa shape index (κ3) is 3.72. The summed E-state index contributed by atoms with van der Waals surface area (Å²) in [5.74, 6) is -0.391. The average molecular weight is 369 g/mol. The number of methoxy groups -OCH3 is 1. The van der Waals surface area contributed by atoms with Gasteiger partial charge in [0.2, 0.25) is 10.0 Å². The number of nitrogens with two attached hydrogens (primary N) is 1. The van der Waals surface area contributed by atoms with Crippen LogP contribution in [-0.4, -0.2) is 45.4 Å². The predicted molar refractivity (Wildman–Crippen MR) is 86.0 cm³/mol. The summed E-state index contributed by atoms with van der Waals surface area (Å²) in [4.78, 5) is 11.4. The molecule has 9 heteroatoms. The van der Waals surface area contributed by atoms with Crippen LogP contribution in [0, 0.1) is 5.92 Å². The molecule has 0 saturated carbocycles. The molecule has 2 rings (SSSR count). The minimum atomic E-state index is -3.67. The lowest BCUT2D eigenvalue weighted by atomic mass is 10.1. The third-order valence-electron chi connectivity index (χ3n) is 3.55. The van der Waals surface area contributed by atoms with Crippen molar-refractivity contribution in [3.05, 3.63) is 28.8 Å². The topological polar surface area (TPSA) is 89.7 Å². The Kier molecular flexibility index (Phi) is 6.64. The highest BCUT2D eigenvalue weighted by molar-refractivity contribution is 7.89. The number of carbonyl (C=O) groups excluding carboxylic acids is 1. The van der Waals surface area contributed by atoms with Crippen LogP contribution in [0.4, 0.5) is 0 Å². The highest BCUT2D eigenvalue weighted by Gasteiger charge is 2.33. The Bertz CT molecular complexity index is 651. The van der Waals surface area contributed by atoms with Crippen molar-refractivity contribution >= 4 is 40.0 Å². The maximum absolute atomic E-state index is 12.6. The van der Waals surface area contributed by atoms with Crippen molar-refractivity contribution in [2.45, 2.75) is 11.3 Å². The zero-order chi connectivity index (χ0) is 15.6. The summed E-state index contributed by atoms with van der Waals surface area (Å²) in [7, 11) is -2.42. The summed E-state index contributed by atoms with van der Waals surface area (Å²) in [5, 5.41) is 0.00842. The Balaban J connectivity index is 0.00000242. The van der Waals surface area contributed by atoms with Gasteiger partial charge in [-0.1, -0.05) is 11.6 Å². The van der Waals surface area contributed by atoms with Gasteiger partial charge in [-0.15, -0.1) is 12.4 Å². The SMILES string of the molecule is COC(=O)c1ccc(S(=O)(=O)N2CCC(CN)C2)c(Cl)c1.Cl. The number of rotatable bonds is 4. The molecule has 0 bridgehead atoms.